The number of ether oxygens (including phenoxy) is 1. The Morgan fingerprint density at radius 3 is 2.42 bits per heavy atom. The van der Waals surface area contributed by atoms with Gasteiger partial charge in [0, 0.05) is 24.5 Å². The van der Waals surface area contributed by atoms with E-state index in [1.807, 2.05) is 13.8 Å². The summed E-state index contributed by atoms with van der Waals surface area (Å²) >= 11 is 0. The van der Waals surface area contributed by atoms with Crippen LogP contribution in [0, 0.1) is 0 Å². The molecule has 3 amide bonds. The molecule has 6 heteroatoms. The van der Waals surface area contributed by atoms with Crippen molar-refractivity contribution in [2.45, 2.75) is 19.9 Å². The Labute approximate surface area is 112 Å². The van der Waals surface area contributed by atoms with Gasteiger partial charge in [0.2, 0.25) is 5.91 Å². The molecule has 0 fully saturated rings. The Morgan fingerprint density at radius 2 is 1.84 bits per heavy atom. The summed E-state index contributed by atoms with van der Waals surface area (Å²) < 4.78 is 4.72. The van der Waals surface area contributed by atoms with Crippen LogP contribution in [-0.4, -0.2) is 31.7 Å². The van der Waals surface area contributed by atoms with Crippen molar-refractivity contribution in [1.29, 1.82) is 0 Å². The normalized spacial score (nSPS) is 10.1. The van der Waals surface area contributed by atoms with Crippen molar-refractivity contribution < 1.29 is 14.3 Å². The lowest BCUT2D eigenvalue weighted by Gasteiger charge is -2.11. The monoisotopic (exact) mass is 265 g/mol. The van der Waals surface area contributed by atoms with Gasteiger partial charge in [-0.25, -0.2) is 4.79 Å². The molecule has 0 aliphatic heterocycles. The molecule has 0 radical (unpaired) electrons. The molecule has 0 saturated heterocycles. The first-order valence-corrected chi connectivity index (χ1v) is 5.97. The van der Waals surface area contributed by atoms with Gasteiger partial charge in [0.15, 0.2) is 0 Å². The van der Waals surface area contributed by atoms with E-state index in [2.05, 4.69) is 16.0 Å². The van der Waals surface area contributed by atoms with Crippen LogP contribution in [0.3, 0.4) is 0 Å². The molecule has 3 N–H and O–H groups in total. The minimum Gasteiger partial charge on any atom is -0.375 e. The number of amides is 3. The Hall–Kier alpha value is -2.08. The van der Waals surface area contributed by atoms with Crippen molar-refractivity contribution in [2.24, 2.45) is 0 Å². The number of benzene rings is 1. The zero-order valence-electron chi connectivity index (χ0n) is 11.3. The van der Waals surface area contributed by atoms with Crippen LogP contribution in [0.5, 0.6) is 0 Å². The van der Waals surface area contributed by atoms with E-state index < -0.39 is 0 Å². The molecule has 1 aromatic rings. The highest BCUT2D eigenvalue weighted by atomic mass is 16.5. The van der Waals surface area contributed by atoms with Gasteiger partial charge in [-0.1, -0.05) is 6.07 Å². The van der Waals surface area contributed by atoms with Crippen LogP contribution in [-0.2, 0) is 9.53 Å². The standard InChI is InChI=1S/C13H19N3O3/c1-9(2)14-13(18)16-11-6-4-5-10(7-11)15-12(17)8-19-3/h4-7,9H,8H2,1-3H3,(H,15,17)(H2,14,16,18). The quantitative estimate of drug-likeness (QED) is 0.759. The van der Waals surface area contributed by atoms with E-state index in [4.69, 9.17) is 4.74 Å². The molecule has 104 valence electrons. The van der Waals surface area contributed by atoms with Crippen LogP contribution >= 0.6 is 0 Å². The number of nitrogens with one attached hydrogen (secondary N) is 3. The fourth-order valence-corrected chi connectivity index (χ4v) is 1.43. The SMILES string of the molecule is COCC(=O)Nc1cccc(NC(=O)NC(C)C)c1. The topological polar surface area (TPSA) is 79.5 Å². The van der Waals surface area contributed by atoms with Crippen molar-refractivity contribution in [3.63, 3.8) is 0 Å². The smallest absolute Gasteiger partial charge is 0.319 e. The number of carbonyl (C=O) groups excluding carboxylic acids is 2. The van der Waals surface area contributed by atoms with Crippen molar-refractivity contribution in [1.82, 2.24) is 5.32 Å². The molecule has 1 aromatic carbocycles. The minimum atomic E-state index is -0.282. The molecule has 0 aliphatic rings. The summed E-state index contributed by atoms with van der Waals surface area (Å²) in [6.07, 6.45) is 0. The number of carbonyl (C=O) groups is 2. The number of hydrogen-bond donors (Lipinski definition) is 3. The molecule has 0 saturated carbocycles. The van der Waals surface area contributed by atoms with Crippen LogP contribution in [0.25, 0.3) is 0 Å². The van der Waals surface area contributed by atoms with Gasteiger partial charge >= 0.3 is 6.03 Å². The summed E-state index contributed by atoms with van der Waals surface area (Å²) in [4.78, 5) is 22.9. The van der Waals surface area contributed by atoms with Crippen molar-refractivity contribution in [3.05, 3.63) is 24.3 Å². The van der Waals surface area contributed by atoms with Crippen molar-refractivity contribution in [3.8, 4) is 0 Å². The highest BCUT2D eigenvalue weighted by Gasteiger charge is 2.05. The van der Waals surface area contributed by atoms with Gasteiger partial charge in [0.25, 0.3) is 0 Å². The van der Waals surface area contributed by atoms with Crippen LogP contribution in [0.1, 0.15) is 13.8 Å². The number of urea groups is 1. The third kappa shape index (κ3) is 5.87. The molecule has 0 bridgehead atoms. The summed E-state index contributed by atoms with van der Waals surface area (Å²) in [5, 5.41) is 8.06. The zero-order valence-corrected chi connectivity index (χ0v) is 11.3. The predicted octanol–water partition coefficient (Wildman–Crippen LogP) is 1.80. The number of rotatable bonds is 5. The summed E-state index contributed by atoms with van der Waals surface area (Å²) in [6.45, 7) is 3.74. The number of methoxy groups -OCH3 is 1. The predicted molar refractivity (Wildman–Crippen MR) is 74.2 cm³/mol. The number of anilines is 2. The van der Waals surface area contributed by atoms with Gasteiger partial charge in [-0.2, -0.15) is 0 Å². The first kappa shape index (κ1) is 15.0. The summed E-state index contributed by atoms with van der Waals surface area (Å²) in [7, 11) is 1.45. The second-order valence-corrected chi connectivity index (χ2v) is 4.32. The van der Waals surface area contributed by atoms with E-state index >= 15 is 0 Å². The minimum absolute atomic E-state index is 0.00844. The Kier molecular flexibility index (Phi) is 5.81. The van der Waals surface area contributed by atoms with Crippen molar-refractivity contribution in [2.75, 3.05) is 24.4 Å². The lowest BCUT2D eigenvalue weighted by Crippen LogP contribution is -2.34. The third-order valence-corrected chi connectivity index (χ3v) is 2.10. The maximum atomic E-state index is 11.5. The molecule has 0 unspecified atom stereocenters. The molecule has 0 atom stereocenters. The van der Waals surface area contributed by atoms with E-state index in [1.165, 1.54) is 7.11 Å². The largest absolute Gasteiger partial charge is 0.375 e. The second kappa shape index (κ2) is 7.38. The summed E-state index contributed by atoms with van der Waals surface area (Å²) in [6, 6.07) is 6.67. The molecule has 6 nitrogen and oxygen atoms in total. The molecule has 0 aromatic heterocycles. The van der Waals surface area contributed by atoms with Gasteiger partial charge in [-0.3, -0.25) is 4.79 Å². The van der Waals surface area contributed by atoms with Gasteiger partial charge in [-0.05, 0) is 32.0 Å². The molecular weight excluding hydrogens is 246 g/mol. The molecule has 0 heterocycles. The lowest BCUT2D eigenvalue weighted by atomic mass is 10.2. The first-order valence-electron chi connectivity index (χ1n) is 5.97. The molecule has 0 spiro atoms. The molecule has 19 heavy (non-hydrogen) atoms. The van der Waals surface area contributed by atoms with Crippen LogP contribution < -0.4 is 16.0 Å². The Morgan fingerprint density at radius 1 is 1.21 bits per heavy atom. The fraction of sp³-hybridized carbons (Fsp3) is 0.385. The van der Waals surface area contributed by atoms with Gasteiger partial charge in [0.05, 0.1) is 0 Å². The number of hydrogen-bond acceptors (Lipinski definition) is 3. The summed E-state index contributed by atoms with van der Waals surface area (Å²) in [5.41, 5.74) is 1.21. The highest BCUT2D eigenvalue weighted by molar-refractivity contribution is 5.94. The van der Waals surface area contributed by atoms with E-state index in [0.29, 0.717) is 11.4 Å². The van der Waals surface area contributed by atoms with E-state index in [0.717, 1.165) is 0 Å². The lowest BCUT2D eigenvalue weighted by molar-refractivity contribution is -0.119. The van der Waals surface area contributed by atoms with E-state index in [9.17, 15) is 9.59 Å². The van der Waals surface area contributed by atoms with Crippen molar-refractivity contribution >= 4 is 23.3 Å². The molecule has 0 aliphatic carbocycles. The zero-order chi connectivity index (χ0) is 14.3. The van der Waals surface area contributed by atoms with E-state index in [1.54, 1.807) is 24.3 Å². The van der Waals surface area contributed by atoms with Crippen LogP contribution in [0.15, 0.2) is 24.3 Å². The average Bonchev–Trinajstić information content (AvgIpc) is 2.28. The highest BCUT2D eigenvalue weighted by Crippen LogP contribution is 2.14. The Bertz CT molecular complexity index is 447. The molecule has 1 rings (SSSR count). The molecular formula is C13H19N3O3. The summed E-state index contributed by atoms with van der Waals surface area (Å²) in [5.74, 6) is -0.244. The van der Waals surface area contributed by atoms with Crippen LogP contribution in [0.2, 0.25) is 0 Å². The maximum Gasteiger partial charge on any atom is 0.319 e. The maximum absolute atomic E-state index is 11.5. The van der Waals surface area contributed by atoms with Gasteiger partial charge in [-0.15, -0.1) is 0 Å². The van der Waals surface area contributed by atoms with Gasteiger partial charge < -0.3 is 20.7 Å². The van der Waals surface area contributed by atoms with Crippen LogP contribution in [0.4, 0.5) is 16.2 Å². The third-order valence-electron chi connectivity index (χ3n) is 2.10. The Balaban J connectivity index is 2.61. The second-order valence-electron chi connectivity index (χ2n) is 4.32. The van der Waals surface area contributed by atoms with E-state index in [-0.39, 0.29) is 24.6 Å². The van der Waals surface area contributed by atoms with Gasteiger partial charge in [0.1, 0.15) is 6.61 Å². The first-order chi connectivity index (χ1) is 9.01. The average molecular weight is 265 g/mol. The fourth-order valence-electron chi connectivity index (χ4n) is 1.43.